The summed E-state index contributed by atoms with van der Waals surface area (Å²) in [5.41, 5.74) is 4.59. The second-order valence-electron chi connectivity index (χ2n) is 12.5. The molecule has 3 aromatic carbocycles. The molecule has 1 heterocycles. The van der Waals surface area contributed by atoms with E-state index in [0.717, 1.165) is 22.1 Å². The number of hydrogen-bond acceptors (Lipinski definition) is 8. The van der Waals surface area contributed by atoms with Gasteiger partial charge in [-0.3, -0.25) is 19.2 Å². The Labute approximate surface area is 279 Å². The number of nitrogens with one attached hydrogen (secondary N) is 4. The fraction of sp³-hybridized carbons (Fsp3) is 0.351. The van der Waals surface area contributed by atoms with E-state index in [1.165, 1.54) is 26.2 Å². The third-order valence-corrected chi connectivity index (χ3v) is 8.59. The van der Waals surface area contributed by atoms with Gasteiger partial charge in [0.15, 0.2) is 11.5 Å². The summed E-state index contributed by atoms with van der Waals surface area (Å²) in [5, 5.41) is 10.1. The number of carbonyl (C=O) groups is 2. The van der Waals surface area contributed by atoms with Gasteiger partial charge in [0.25, 0.3) is 0 Å². The van der Waals surface area contributed by atoms with E-state index in [4.69, 9.17) is 14.2 Å². The molecule has 1 unspecified atom stereocenters. The number of fused-ring (bicyclic) bond motifs is 4. The van der Waals surface area contributed by atoms with E-state index in [9.17, 15) is 19.2 Å². The summed E-state index contributed by atoms with van der Waals surface area (Å²) in [6.45, 7) is 7.31. The number of amides is 2. The van der Waals surface area contributed by atoms with Gasteiger partial charge in [-0.25, -0.2) is 0 Å². The molecule has 1 aromatic heterocycles. The molecule has 2 amide bonds. The van der Waals surface area contributed by atoms with Gasteiger partial charge in [0.2, 0.25) is 28.6 Å². The number of carbonyl (C=O) groups excluding carboxylic acids is 2. The first-order chi connectivity index (χ1) is 22.9. The lowest BCUT2D eigenvalue weighted by molar-refractivity contribution is -0.120. The van der Waals surface area contributed by atoms with Gasteiger partial charge in [-0.1, -0.05) is 26.0 Å². The number of aromatic nitrogens is 1. The highest BCUT2D eigenvalue weighted by atomic mass is 16.5. The monoisotopic (exact) mass is 654 g/mol. The minimum absolute atomic E-state index is 0.121. The molecule has 11 nitrogen and oxygen atoms in total. The molecule has 0 fully saturated rings. The molecule has 0 bridgehead atoms. The van der Waals surface area contributed by atoms with Gasteiger partial charge in [-0.05, 0) is 84.7 Å². The van der Waals surface area contributed by atoms with E-state index in [1.54, 1.807) is 32.4 Å². The maximum absolute atomic E-state index is 13.9. The normalized spacial score (nSPS) is 14.3. The number of aryl methyl sites for hydroxylation is 2. The van der Waals surface area contributed by atoms with Crippen LogP contribution in [0.4, 0.5) is 11.4 Å². The van der Waals surface area contributed by atoms with Crippen LogP contribution in [-0.4, -0.2) is 44.2 Å². The van der Waals surface area contributed by atoms with Gasteiger partial charge in [0.1, 0.15) is 6.04 Å². The van der Waals surface area contributed by atoms with Gasteiger partial charge in [0.05, 0.1) is 38.6 Å². The lowest BCUT2D eigenvalue weighted by Gasteiger charge is -2.21. The highest BCUT2D eigenvalue weighted by molar-refractivity contribution is 5.98. The molecule has 1 aliphatic rings. The molecule has 0 saturated carbocycles. The Balaban J connectivity index is 1.58. The van der Waals surface area contributed by atoms with E-state index < -0.39 is 12.1 Å². The summed E-state index contributed by atoms with van der Waals surface area (Å²) in [6.07, 6.45) is 1.54. The quantitative estimate of drug-likeness (QED) is 0.176. The second-order valence-corrected chi connectivity index (χ2v) is 12.5. The Kier molecular flexibility index (Phi) is 10.1. The van der Waals surface area contributed by atoms with Crippen LogP contribution in [0.2, 0.25) is 0 Å². The van der Waals surface area contributed by atoms with Crippen molar-refractivity contribution in [3.63, 3.8) is 0 Å². The van der Waals surface area contributed by atoms with Crippen LogP contribution in [0, 0.1) is 12.8 Å². The van der Waals surface area contributed by atoms with Gasteiger partial charge >= 0.3 is 0 Å². The van der Waals surface area contributed by atoms with Crippen LogP contribution in [-0.2, 0) is 16.0 Å². The van der Waals surface area contributed by atoms with Crippen molar-refractivity contribution < 1.29 is 23.8 Å². The van der Waals surface area contributed by atoms with Crippen LogP contribution in [0.25, 0.3) is 22.0 Å². The zero-order valence-corrected chi connectivity index (χ0v) is 28.3. The summed E-state index contributed by atoms with van der Waals surface area (Å²) in [4.78, 5) is 54.8. The van der Waals surface area contributed by atoms with Crippen molar-refractivity contribution >= 4 is 34.1 Å². The van der Waals surface area contributed by atoms with Crippen LogP contribution in [0.5, 0.6) is 17.2 Å². The highest BCUT2D eigenvalue weighted by Gasteiger charge is 2.30. The van der Waals surface area contributed by atoms with Crippen LogP contribution in [0.15, 0.2) is 58.1 Å². The van der Waals surface area contributed by atoms with Gasteiger partial charge in [0, 0.05) is 29.6 Å². The smallest absolute Gasteiger partial charge is 0.248 e. The molecule has 4 N–H and O–H groups in total. The van der Waals surface area contributed by atoms with Crippen molar-refractivity contribution in [1.29, 1.82) is 0 Å². The minimum atomic E-state index is -0.760. The summed E-state index contributed by atoms with van der Waals surface area (Å²) in [6, 6.07) is 12.6. The fourth-order valence-electron chi connectivity index (χ4n) is 6.46. The SMILES string of the molecule is COc1cc2c(c(OC)c1OC)-c1ccc(NC(CC(C)C)C(=O)Nc3ccc4c(C)cc(=O)[nH]c4c3)c(=O)cc1[C@@H](NC(C)=O)CC2. The first kappa shape index (κ1) is 34.0. The topological polar surface area (TPSA) is 148 Å². The van der Waals surface area contributed by atoms with Crippen molar-refractivity contribution in [1.82, 2.24) is 10.3 Å². The van der Waals surface area contributed by atoms with E-state index in [2.05, 4.69) is 20.9 Å². The van der Waals surface area contributed by atoms with Gasteiger partial charge < -0.3 is 35.1 Å². The number of H-pyrrole nitrogens is 1. The van der Waals surface area contributed by atoms with Crippen molar-refractivity contribution in [3.8, 4) is 28.4 Å². The van der Waals surface area contributed by atoms with Gasteiger partial charge in [-0.15, -0.1) is 0 Å². The molecule has 252 valence electrons. The number of pyridine rings is 1. The number of hydrogen-bond donors (Lipinski definition) is 4. The molecule has 48 heavy (non-hydrogen) atoms. The molecule has 11 heteroatoms. The number of ether oxygens (including phenoxy) is 3. The standard InChI is InChI=1S/C37H42N4O7/c1-19(2)14-30(37(45)39-23-9-10-24-20(3)15-33(44)41-29(24)17-23)40-28-13-11-25-26(18-31(28)43)27(38-21(4)42)12-8-22-16-32(46-5)35(47-6)36(48-7)34(22)25/h9-11,13,15-19,27,30H,8,12,14H2,1-7H3,(H,38,42)(H,39,45)(H,40,43)(H,41,44)/t27-,30?/m0/s1. The van der Waals surface area contributed by atoms with Crippen LogP contribution in [0.1, 0.15) is 56.3 Å². The number of aromatic amines is 1. The Hall–Kier alpha value is -5.32. The Morgan fingerprint density at radius 3 is 2.38 bits per heavy atom. The zero-order chi connectivity index (χ0) is 34.7. The third-order valence-electron chi connectivity index (χ3n) is 8.59. The van der Waals surface area contributed by atoms with E-state index in [1.807, 2.05) is 39.0 Å². The number of anilines is 2. The minimum Gasteiger partial charge on any atom is -0.493 e. The molecule has 4 aromatic rings. The van der Waals surface area contributed by atoms with Crippen LogP contribution >= 0.6 is 0 Å². The Morgan fingerprint density at radius 1 is 0.958 bits per heavy atom. The van der Waals surface area contributed by atoms with Crippen molar-refractivity contribution in [3.05, 3.63) is 85.8 Å². The lowest BCUT2D eigenvalue weighted by Crippen LogP contribution is -2.37. The average Bonchev–Trinajstić information content (AvgIpc) is 3.27. The molecule has 0 radical (unpaired) electrons. The first-order valence-electron chi connectivity index (χ1n) is 15.9. The Bertz CT molecular complexity index is 2000. The van der Waals surface area contributed by atoms with E-state index in [-0.39, 0.29) is 34.4 Å². The predicted octanol–water partition coefficient (Wildman–Crippen LogP) is 5.48. The highest BCUT2D eigenvalue weighted by Crippen LogP contribution is 2.50. The predicted molar refractivity (Wildman–Crippen MR) is 187 cm³/mol. The summed E-state index contributed by atoms with van der Waals surface area (Å²) in [5.74, 6) is 0.944. The first-order valence-corrected chi connectivity index (χ1v) is 15.9. The molecule has 5 rings (SSSR count). The molecule has 0 saturated heterocycles. The van der Waals surface area contributed by atoms with E-state index >= 15 is 0 Å². The lowest BCUT2D eigenvalue weighted by atomic mass is 9.95. The summed E-state index contributed by atoms with van der Waals surface area (Å²) in [7, 11) is 4.64. The number of benzene rings is 2. The van der Waals surface area contributed by atoms with E-state index in [0.29, 0.717) is 58.8 Å². The number of rotatable bonds is 10. The fourth-order valence-corrected chi connectivity index (χ4v) is 6.46. The number of methoxy groups -OCH3 is 3. The maximum Gasteiger partial charge on any atom is 0.248 e. The van der Waals surface area contributed by atoms with Crippen LogP contribution < -0.4 is 41.1 Å². The van der Waals surface area contributed by atoms with Crippen molar-refractivity contribution in [2.24, 2.45) is 5.92 Å². The van der Waals surface area contributed by atoms with Crippen LogP contribution in [0.3, 0.4) is 0 Å². The largest absolute Gasteiger partial charge is 0.493 e. The third kappa shape index (κ3) is 7.00. The Morgan fingerprint density at radius 2 is 1.71 bits per heavy atom. The van der Waals surface area contributed by atoms with Gasteiger partial charge in [-0.2, -0.15) is 0 Å². The zero-order valence-electron chi connectivity index (χ0n) is 28.3. The molecule has 0 spiro atoms. The summed E-state index contributed by atoms with van der Waals surface area (Å²) < 4.78 is 17.2. The molecular weight excluding hydrogens is 612 g/mol. The average molecular weight is 655 g/mol. The molecule has 2 atom stereocenters. The van der Waals surface area contributed by atoms with Crippen molar-refractivity contribution in [2.45, 2.75) is 59.0 Å². The maximum atomic E-state index is 13.9. The van der Waals surface area contributed by atoms with Crippen molar-refractivity contribution in [2.75, 3.05) is 32.0 Å². The molecule has 0 aliphatic heterocycles. The molecule has 1 aliphatic carbocycles. The second kappa shape index (κ2) is 14.2. The summed E-state index contributed by atoms with van der Waals surface area (Å²) >= 11 is 0. The molecular formula is C37H42N4O7.